The van der Waals surface area contributed by atoms with E-state index in [0.29, 0.717) is 5.92 Å². The van der Waals surface area contributed by atoms with Crippen LogP contribution >= 0.6 is 0 Å². The molecule has 23 heavy (non-hydrogen) atoms. The number of nitrogens with one attached hydrogen (secondary N) is 2. The van der Waals surface area contributed by atoms with Gasteiger partial charge in [-0.05, 0) is 48.6 Å². The first-order valence-electron chi connectivity index (χ1n) is 8.19. The quantitative estimate of drug-likeness (QED) is 0.754. The van der Waals surface area contributed by atoms with Gasteiger partial charge in [-0.25, -0.2) is 4.98 Å². The van der Waals surface area contributed by atoms with E-state index in [2.05, 4.69) is 28.5 Å². The average molecular weight is 307 g/mol. The van der Waals surface area contributed by atoms with E-state index in [-0.39, 0.29) is 8.76 Å². The van der Waals surface area contributed by atoms with Gasteiger partial charge in [-0.15, -0.1) is 0 Å². The zero-order valence-electron chi connectivity index (χ0n) is 12.7. The predicted molar refractivity (Wildman–Crippen MR) is 93.8 cm³/mol. The van der Waals surface area contributed by atoms with Crippen molar-refractivity contribution in [3.05, 3.63) is 53.3 Å². The Balaban J connectivity index is 0.000000911. The summed E-state index contributed by atoms with van der Waals surface area (Å²) in [6.07, 6.45) is 5.44. The average Bonchev–Trinajstić information content (AvgIpc) is 3.34. The third-order valence-electron chi connectivity index (χ3n) is 4.90. The Morgan fingerprint density at radius 2 is 2.04 bits per heavy atom. The minimum absolute atomic E-state index is 0. The van der Waals surface area contributed by atoms with Crippen LogP contribution < -0.4 is 5.32 Å². The predicted octanol–water partition coefficient (Wildman–Crippen LogP) is 3.89. The largest absolute Gasteiger partial charge is 0.352 e. The van der Waals surface area contributed by atoms with Crippen LogP contribution in [0.3, 0.4) is 0 Å². The number of H-pyrrole nitrogens is 1. The highest BCUT2D eigenvalue weighted by Gasteiger charge is 2.25. The first-order valence-corrected chi connectivity index (χ1v) is 8.19. The molecule has 5 rings (SSSR count). The van der Waals surface area contributed by atoms with E-state index >= 15 is 0 Å². The molecule has 1 aromatic carbocycles. The molecule has 4 heteroatoms. The van der Waals surface area contributed by atoms with Gasteiger partial charge < -0.3 is 10.3 Å². The maximum absolute atomic E-state index is 11.9. The number of rotatable bonds is 2. The molecule has 0 spiro atoms. The maximum Gasteiger partial charge on any atom is 0.251 e. The Kier molecular flexibility index (Phi) is 2.62. The van der Waals surface area contributed by atoms with Gasteiger partial charge in [-0.1, -0.05) is 12.1 Å². The normalized spacial score (nSPS) is 17.1. The number of carbonyl (C=O) groups excluding carboxylic acids is 1. The van der Waals surface area contributed by atoms with Crippen LogP contribution in [0, 0.1) is 0 Å². The van der Waals surface area contributed by atoms with Crippen LogP contribution in [0.2, 0.25) is 0 Å². The number of hydrogen-bond donors (Lipinski definition) is 2. The molecule has 1 aliphatic heterocycles. The fourth-order valence-corrected chi connectivity index (χ4v) is 3.46. The smallest absolute Gasteiger partial charge is 0.251 e. The van der Waals surface area contributed by atoms with Crippen molar-refractivity contribution in [1.82, 2.24) is 15.3 Å². The van der Waals surface area contributed by atoms with Crippen molar-refractivity contribution in [3.8, 4) is 11.1 Å². The van der Waals surface area contributed by atoms with E-state index in [1.54, 1.807) is 0 Å². The first kappa shape index (κ1) is 12.9. The number of aromatic amines is 1. The summed E-state index contributed by atoms with van der Waals surface area (Å²) in [6.45, 7) is 0.718. The fourth-order valence-electron chi connectivity index (χ4n) is 3.46. The van der Waals surface area contributed by atoms with Crippen LogP contribution in [0.1, 0.15) is 43.2 Å². The van der Waals surface area contributed by atoms with E-state index in [0.717, 1.165) is 46.3 Å². The Hall–Kier alpha value is -2.62. The molecule has 0 radical (unpaired) electrons. The Morgan fingerprint density at radius 1 is 1.13 bits per heavy atom. The second-order valence-corrected chi connectivity index (χ2v) is 6.49. The van der Waals surface area contributed by atoms with Crippen molar-refractivity contribution in [3.63, 3.8) is 0 Å². The fraction of sp³-hybridized carbons (Fsp3) is 0.263. The SMILES string of the molecule is O=C1NCCc2cc(-c3c[nH]c4nc(C5CC5)ccc34)ccc21.[HH].[HH]. The Labute approximate surface area is 136 Å². The monoisotopic (exact) mass is 307 g/mol. The van der Waals surface area contributed by atoms with E-state index in [4.69, 9.17) is 4.98 Å². The summed E-state index contributed by atoms with van der Waals surface area (Å²) < 4.78 is 0. The van der Waals surface area contributed by atoms with Gasteiger partial charge >= 0.3 is 0 Å². The lowest BCUT2D eigenvalue weighted by Gasteiger charge is -2.17. The minimum Gasteiger partial charge on any atom is -0.352 e. The molecule has 0 bridgehead atoms. The molecular formula is C19H21N3O. The van der Waals surface area contributed by atoms with Crippen molar-refractivity contribution in [2.75, 3.05) is 6.54 Å². The number of pyridine rings is 1. The molecule has 3 heterocycles. The molecule has 1 amide bonds. The van der Waals surface area contributed by atoms with Crippen LogP contribution in [-0.2, 0) is 6.42 Å². The number of fused-ring (bicyclic) bond motifs is 2. The summed E-state index contributed by atoms with van der Waals surface area (Å²) in [7, 11) is 0. The standard InChI is InChI=1S/C19H17N3O.2H2/c23-19-14-4-3-12(9-13(14)7-8-20-19)16-10-21-18-15(16)5-6-17(22-18)11-1-2-11;;/h3-6,9-11H,1-2,7-8H2,(H,20,23)(H,21,22);2*1H. The number of benzene rings is 1. The van der Waals surface area contributed by atoms with Gasteiger partial charge in [0.1, 0.15) is 5.65 Å². The van der Waals surface area contributed by atoms with E-state index in [1.165, 1.54) is 18.5 Å². The lowest BCUT2D eigenvalue weighted by Crippen LogP contribution is -2.31. The van der Waals surface area contributed by atoms with Gasteiger partial charge in [-0.3, -0.25) is 4.79 Å². The van der Waals surface area contributed by atoms with Gasteiger partial charge in [-0.2, -0.15) is 0 Å². The van der Waals surface area contributed by atoms with Crippen LogP contribution in [0.4, 0.5) is 0 Å². The van der Waals surface area contributed by atoms with Crippen LogP contribution in [0.5, 0.6) is 0 Å². The summed E-state index contributed by atoms with van der Waals surface area (Å²) in [5.41, 5.74) is 6.39. The van der Waals surface area contributed by atoms with Gasteiger partial charge in [0.25, 0.3) is 5.91 Å². The lowest BCUT2D eigenvalue weighted by atomic mass is 9.95. The van der Waals surface area contributed by atoms with Crippen LogP contribution in [0.15, 0.2) is 36.5 Å². The Morgan fingerprint density at radius 3 is 2.91 bits per heavy atom. The lowest BCUT2D eigenvalue weighted by molar-refractivity contribution is 0.0946. The van der Waals surface area contributed by atoms with Gasteiger partial charge in [0, 0.05) is 43.7 Å². The van der Waals surface area contributed by atoms with E-state index in [9.17, 15) is 4.79 Å². The summed E-state index contributed by atoms with van der Waals surface area (Å²) in [5.74, 6) is 0.695. The third kappa shape index (κ3) is 2.05. The Bertz CT molecular complexity index is 947. The number of amides is 1. The molecule has 3 aromatic rings. The molecular weight excluding hydrogens is 286 g/mol. The second-order valence-electron chi connectivity index (χ2n) is 6.49. The molecule has 2 aromatic heterocycles. The second kappa shape index (κ2) is 4.69. The highest BCUT2D eigenvalue weighted by Crippen LogP contribution is 2.40. The summed E-state index contributed by atoms with van der Waals surface area (Å²) >= 11 is 0. The van der Waals surface area contributed by atoms with Crippen molar-refractivity contribution < 1.29 is 7.65 Å². The topological polar surface area (TPSA) is 57.8 Å². The van der Waals surface area contributed by atoms with E-state index in [1.807, 2.05) is 18.3 Å². The van der Waals surface area contributed by atoms with Gasteiger partial charge in [0.15, 0.2) is 0 Å². The van der Waals surface area contributed by atoms with Crippen LogP contribution in [0.25, 0.3) is 22.2 Å². The summed E-state index contributed by atoms with van der Waals surface area (Å²) in [6, 6.07) is 10.4. The zero-order valence-corrected chi connectivity index (χ0v) is 12.7. The number of nitrogens with zero attached hydrogens (tertiary/aromatic N) is 1. The van der Waals surface area contributed by atoms with Crippen LogP contribution in [-0.4, -0.2) is 22.4 Å². The third-order valence-corrected chi connectivity index (χ3v) is 4.90. The molecule has 1 fully saturated rings. The maximum atomic E-state index is 11.9. The van der Waals surface area contributed by atoms with Gasteiger partial charge in [0.05, 0.1) is 0 Å². The first-order chi connectivity index (χ1) is 11.3. The van der Waals surface area contributed by atoms with Gasteiger partial charge in [0.2, 0.25) is 0 Å². The molecule has 4 nitrogen and oxygen atoms in total. The minimum atomic E-state index is 0. The van der Waals surface area contributed by atoms with Crippen molar-refractivity contribution >= 4 is 16.9 Å². The molecule has 0 atom stereocenters. The molecule has 2 N–H and O–H groups in total. The van der Waals surface area contributed by atoms with Crippen molar-refractivity contribution in [2.24, 2.45) is 0 Å². The highest BCUT2D eigenvalue weighted by atomic mass is 16.1. The van der Waals surface area contributed by atoms with Crippen molar-refractivity contribution in [2.45, 2.75) is 25.2 Å². The van der Waals surface area contributed by atoms with E-state index < -0.39 is 0 Å². The number of hydrogen-bond acceptors (Lipinski definition) is 2. The molecule has 0 saturated heterocycles. The molecule has 2 aliphatic rings. The molecule has 1 aliphatic carbocycles. The molecule has 1 saturated carbocycles. The molecule has 118 valence electrons. The molecule has 0 unspecified atom stereocenters. The zero-order chi connectivity index (χ0) is 15.4. The highest BCUT2D eigenvalue weighted by molar-refractivity contribution is 5.99. The number of aromatic nitrogens is 2. The number of carbonyl (C=O) groups is 1. The summed E-state index contributed by atoms with van der Waals surface area (Å²) in [5, 5.41) is 4.04. The van der Waals surface area contributed by atoms with Crippen molar-refractivity contribution in [1.29, 1.82) is 0 Å². The summed E-state index contributed by atoms with van der Waals surface area (Å²) in [4.78, 5) is 19.9.